The Balaban J connectivity index is 1.30. The van der Waals surface area contributed by atoms with Gasteiger partial charge in [0.1, 0.15) is 0 Å². The smallest absolute Gasteiger partial charge is 0.277 e. The van der Waals surface area contributed by atoms with Crippen LogP contribution in [0.2, 0.25) is 0 Å². The van der Waals surface area contributed by atoms with Gasteiger partial charge in [0.2, 0.25) is 5.91 Å². The minimum atomic E-state index is 0.0556. The van der Waals surface area contributed by atoms with E-state index in [4.69, 9.17) is 4.98 Å². The lowest BCUT2D eigenvalue weighted by Gasteiger charge is -2.31. The molecular formula is C25H35N5O2. The second-order valence-corrected chi connectivity index (χ2v) is 9.79. The molecular weight excluding hydrogens is 402 g/mol. The molecule has 0 bridgehead atoms. The van der Waals surface area contributed by atoms with E-state index in [0.29, 0.717) is 24.8 Å². The van der Waals surface area contributed by atoms with Gasteiger partial charge in [-0.3, -0.25) is 19.6 Å². The number of aromatic nitrogens is 3. The summed E-state index contributed by atoms with van der Waals surface area (Å²) in [6.07, 6.45) is 12.4. The number of hydrogen-bond acceptors (Lipinski definition) is 4. The molecule has 0 unspecified atom stereocenters. The highest BCUT2D eigenvalue weighted by atomic mass is 16.2. The topological polar surface area (TPSA) is 73.7 Å². The van der Waals surface area contributed by atoms with Crippen LogP contribution >= 0.6 is 0 Å². The molecule has 1 saturated heterocycles. The molecule has 2 aromatic rings. The molecule has 0 radical (unpaired) electrons. The lowest BCUT2D eigenvalue weighted by molar-refractivity contribution is -0.132. The SMILES string of the molecule is CCCC(=O)N1CCC(c2cc3nc4c(c(=O)n3[nH]2)CN(C[C@@H]2CC=CCC2)CC4)CC1. The number of carbonyl (C=O) groups is 1. The lowest BCUT2D eigenvalue weighted by Crippen LogP contribution is -2.39. The normalized spacial score (nSPS) is 22.4. The molecule has 5 rings (SSSR count). The number of allylic oxidation sites excluding steroid dienone is 2. The average molecular weight is 438 g/mol. The van der Waals surface area contributed by atoms with Crippen LogP contribution in [0, 0.1) is 5.92 Å². The zero-order chi connectivity index (χ0) is 22.1. The third-order valence-electron chi connectivity index (χ3n) is 7.51. The molecule has 4 heterocycles. The van der Waals surface area contributed by atoms with Gasteiger partial charge in [0.15, 0.2) is 5.65 Å². The van der Waals surface area contributed by atoms with Crippen molar-refractivity contribution in [2.45, 2.75) is 70.8 Å². The van der Waals surface area contributed by atoms with Gasteiger partial charge in [-0.05, 0) is 44.4 Å². The van der Waals surface area contributed by atoms with Crippen LogP contribution in [0.3, 0.4) is 0 Å². The van der Waals surface area contributed by atoms with Gasteiger partial charge in [0, 0.05) is 63.2 Å². The van der Waals surface area contributed by atoms with E-state index in [-0.39, 0.29) is 11.5 Å². The summed E-state index contributed by atoms with van der Waals surface area (Å²) in [7, 11) is 0. The molecule has 2 aromatic heterocycles. The number of fused-ring (bicyclic) bond motifs is 2. The van der Waals surface area contributed by atoms with E-state index in [1.807, 2.05) is 11.8 Å². The molecule has 1 aliphatic carbocycles. The molecule has 172 valence electrons. The summed E-state index contributed by atoms with van der Waals surface area (Å²) in [6, 6.07) is 2.05. The third-order valence-corrected chi connectivity index (χ3v) is 7.51. The first-order valence-corrected chi connectivity index (χ1v) is 12.4. The minimum absolute atomic E-state index is 0.0556. The van der Waals surface area contributed by atoms with E-state index in [2.05, 4.69) is 28.2 Å². The van der Waals surface area contributed by atoms with Gasteiger partial charge in [-0.25, -0.2) is 9.50 Å². The average Bonchev–Trinajstić information content (AvgIpc) is 3.25. The zero-order valence-corrected chi connectivity index (χ0v) is 19.2. The Morgan fingerprint density at radius 3 is 2.78 bits per heavy atom. The maximum atomic E-state index is 13.3. The Hall–Kier alpha value is -2.41. The highest BCUT2D eigenvalue weighted by Gasteiger charge is 2.27. The number of aromatic amines is 1. The van der Waals surface area contributed by atoms with E-state index in [1.54, 1.807) is 4.52 Å². The second kappa shape index (κ2) is 9.22. The largest absolute Gasteiger partial charge is 0.343 e. The number of hydrogen-bond donors (Lipinski definition) is 1. The molecule has 7 heteroatoms. The Labute approximate surface area is 189 Å². The number of likely N-dealkylation sites (tertiary alicyclic amines) is 1. The number of carbonyl (C=O) groups excluding carboxylic acids is 1. The highest BCUT2D eigenvalue weighted by molar-refractivity contribution is 5.76. The summed E-state index contributed by atoms with van der Waals surface area (Å²) in [5.74, 6) is 1.31. The molecule has 1 N–H and O–H groups in total. The number of H-pyrrole nitrogens is 1. The number of nitrogens with one attached hydrogen (secondary N) is 1. The first-order valence-electron chi connectivity index (χ1n) is 12.4. The van der Waals surface area contributed by atoms with Gasteiger partial charge in [-0.2, -0.15) is 0 Å². The van der Waals surface area contributed by atoms with Crippen molar-refractivity contribution in [2.24, 2.45) is 5.92 Å². The minimum Gasteiger partial charge on any atom is -0.343 e. The highest BCUT2D eigenvalue weighted by Crippen LogP contribution is 2.28. The monoisotopic (exact) mass is 437 g/mol. The summed E-state index contributed by atoms with van der Waals surface area (Å²) in [5.41, 5.74) is 3.69. The third kappa shape index (κ3) is 4.27. The number of nitrogens with zero attached hydrogens (tertiary/aromatic N) is 4. The van der Waals surface area contributed by atoms with Gasteiger partial charge in [0.05, 0.1) is 11.3 Å². The number of rotatable bonds is 5. The maximum Gasteiger partial charge on any atom is 0.277 e. The Bertz CT molecular complexity index is 1060. The fourth-order valence-electron chi connectivity index (χ4n) is 5.62. The predicted octanol–water partition coefficient (Wildman–Crippen LogP) is 3.24. The van der Waals surface area contributed by atoms with Crippen LogP contribution in [0.25, 0.3) is 5.65 Å². The molecule has 1 atom stereocenters. The molecule has 1 fully saturated rings. The second-order valence-electron chi connectivity index (χ2n) is 9.79. The maximum absolute atomic E-state index is 13.3. The summed E-state index contributed by atoms with van der Waals surface area (Å²) < 4.78 is 1.65. The summed E-state index contributed by atoms with van der Waals surface area (Å²) in [4.78, 5) is 34.8. The van der Waals surface area contributed by atoms with Crippen LogP contribution in [0.1, 0.15) is 74.7 Å². The molecule has 0 aromatic carbocycles. The van der Waals surface area contributed by atoms with Crippen molar-refractivity contribution in [3.8, 4) is 0 Å². The molecule has 2 aliphatic heterocycles. The molecule has 0 saturated carbocycles. The van der Waals surface area contributed by atoms with Crippen LogP contribution in [0.5, 0.6) is 0 Å². The Kier molecular flexibility index (Phi) is 6.17. The predicted molar refractivity (Wildman–Crippen MR) is 125 cm³/mol. The van der Waals surface area contributed by atoms with Crippen molar-refractivity contribution < 1.29 is 4.79 Å². The van der Waals surface area contributed by atoms with Crippen LogP contribution in [0.15, 0.2) is 23.0 Å². The summed E-state index contributed by atoms with van der Waals surface area (Å²) in [6.45, 7) is 6.39. The van der Waals surface area contributed by atoms with Gasteiger partial charge in [-0.15, -0.1) is 0 Å². The van der Waals surface area contributed by atoms with E-state index in [1.165, 1.54) is 12.8 Å². The van der Waals surface area contributed by atoms with Crippen molar-refractivity contribution in [1.82, 2.24) is 24.4 Å². The van der Waals surface area contributed by atoms with Crippen LogP contribution < -0.4 is 5.56 Å². The molecule has 1 amide bonds. The number of amides is 1. The van der Waals surface area contributed by atoms with Crippen molar-refractivity contribution >= 4 is 11.6 Å². The van der Waals surface area contributed by atoms with Gasteiger partial charge in [-0.1, -0.05) is 19.1 Å². The fraction of sp³-hybridized carbons (Fsp3) is 0.640. The summed E-state index contributed by atoms with van der Waals surface area (Å²) in [5, 5.41) is 3.36. The van der Waals surface area contributed by atoms with E-state index in [9.17, 15) is 9.59 Å². The first kappa shape index (κ1) is 21.4. The van der Waals surface area contributed by atoms with E-state index in [0.717, 1.165) is 80.9 Å². The summed E-state index contributed by atoms with van der Waals surface area (Å²) >= 11 is 0. The van der Waals surface area contributed by atoms with Crippen molar-refractivity contribution in [3.05, 3.63) is 45.5 Å². The van der Waals surface area contributed by atoms with Gasteiger partial charge < -0.3 is 4.90 Å². The fourth-order valence-corrected chi connectivity index (χ4v) is 5.62. The van der Waals surface area contributed by atoms with Crippen LogP contribution in [-0.2, 0) is 17.8 Å². The zero-order valence-electron chi connectivity index (χ0n) is 19.2. The quantitative estimate of drug-likeness (QED) is 0.729. The lowest BCUT2D eigenvalue weighted by atomic mass is 9.93. The van der Waals surface area contributed by atoms with Crippen LogP contribution in [0.4, 0.5) is 0 Å². The Morgan fingerprint density at radius 2 is 2.03 bits per heavy atom. The van der Waals surface area contributed by atoms with Crippen molar-refractivity contribution in [2.75, 3.05) is 26.2 Å². The van der Waals surface area contributed by atoms with Crippen molar-refractivity contribution in [3.63, 3.8) is 0 Å². The molecule has 3 aliphatic rings. The molecule has 7 nitrogen and oxygen atoms in total. The van der Waals surface area contributed by atoms with E-state index >= 15 is 0 Å². The number of piperidine rings is 1. The first-order chi connectivity index (χ1) is 15.6. The van der Waals surface area contributed by atoms with Gasteiger partial charge in [0.25, 0.3) is 5.56 Å². The van der Waals surface area contributed by atoms with Crippen molar-refractivity contribution in [1.29, 1.82) is 0 Å². The van der Waals surface area contributed by atoms with E-state index < -0.39 is 0 Å². The molecule has 0 spiro atoms. The Morgan fingerprint density at radius 1 is 1.19 bits per heavy atom. The van der Waals surface area contributed by atoms with Crippen LogP contribution in [-0.4, -0.2) is 56.5 Å². The molecule has 32 heavy (non-hydrogen) atoms. The van der Waals surface area contributed by atoms with Gasteiger partial charge >= 0.3 is 0 Å². The standard InChI is InChI=1S/C25H35N5O2/c1-2-6-24(31)29-13-9-19(10-14-29)22-15-23-26-21-11-12-28(16-18-7-4-3-5-8-18)17-20(21)25(32)30(23)27-22/h3-4,15,18-19,27H,2,5-14,16-17H2,1H3/t18-/m1/s1.